The second kappa shape index (κ2) is 9.86. The molecule has 0 saturated carbocycles. The molecule has 0 radical (unpaired) electrons. The normalized spacial score (nSPS) is 11.6. The van der Waals surface area contributed by atoms with E-state index in [2.05, 4.69) is 10.6 Å². The summed E-state index contributed by atoms with van der Waals surface area (Å²) in [6.07, 6.45) is 0.217. The van der Waals surface area contributed by atoms with E-state index >= 15 is 0 Å². The van der Waals surface area contributed by atoms with E-state index in [0.29, 0.717) is 5.69 Å². The molecule has 0 unspecified atom stereocenters. The molecular weight excluding hydrogens is 415 g/mol. The van der Waals surface area contributed by atoms with Gasteiger partial charge in [-0.15, -0.1) is 0 Å². The van der Waals surface area contributed by atoms with Gasteiger partial charge in [0, 0.05) is 37.8 Å². The quantitative estimate of drug-likeness (QED) is 0.572. The first-order valence-corrected chi connectivity index (χ1v) is 9.90. The zero-order chi connectivity index (χ0) is 23.3. The predicted molar refractivity (Wildman–Crippen MR) is 117 cm³/mol. The number of nitrogens with zero attached hydrogens (tertiary/aromatic N) is 2. The lowest BCUT2D eigenvalue weighted by atomic mass is 10.0. The molecule has 32 heavy (non-hydrogen) atoms. The maximum Gasteiger partial charge on any atom is 0.330 e. The number of carbonyl (C=O) groups excluding carboxylic acids is 2. The van der Waals surface area contributed by atoms with Crippen molar-refractivity contribution < 1.29 is 14.0 Å². The summed E-state index contributed by atoms with van der Waals surface area (Å²) in [5, 5.41) is 5.35. The Morgan fingerprint density at radius 2 is 1.62 bits per heavy atom. The maximum absolute atomic E-state index is 13.2. The highest BCUT2D eigenvalue weighted by atomic mass is 19.1. The van der Waals surface area contributed by atoms with Gasteiger partial charge in [-0.3, -0.25) is 23.5 Å². The van der Waals surface area contributed by atoms with Gasteiger partial charge in [0.05, 0.1) is 6.54 Å². The lowest BCUT2D eigenvalue weighted by molar-refractivity contribution is -0.123. The summed E-state index contributed by atoms with van der Waals surface area (Å²) in [5.74, 6) is -1.49. The van der Waals surface area contributed by atoms with Crippen LogP contribution >= 0.6 is 0 Å². The Morgan fingerprint density at radius 3 is 2.28 bits per heavy atom. The molecule has 0 bridgehead atoms. The molecule has 0 spiro atoms. The maximum atomic E-state index is 13.2. The summed E-state index contributed by atoms with van der Waals surface area (Å²) >= 11 is 0. The van der Waals surface area contributed by atoms with Crippen molar-refractivity contribution in [2.45, 2.75) is 19.0 Å². The van der Waals surface area contributed by atoms with E-state index in [0.717, 1.165) is 22.3 Å². The van der Waals surface area contributed by atoms with Crippen LogP contribution in [0.1, 0.15) is 21.6 Å². The van der Waals surface area contributed by atoms with Gasteiger partial charge in [0.1, 0.15) is 11.9 Å². The van der Waals surface area contributed by atoms with Gasteiger partial charge in [0.15, 0.2) is 0 Å². The van der Waals surface area contributed by atoms with Gasteiger partial charge in [-0.05, 0) is 29.8 Å². The molecule has 3 aromatic rings. The highest BCUT2D eigenvalue weighted by Crippen LogP contribution is 2.07. The van der Waals surface area contributed by atoms with Crippen LogP contribution in [0, 0.1) is 5.82 Å². The lowest BCUT2D eigenvalue weighted by Crippen LogP contribution is -2.48. The van der Waals surface area contributed by atoms with Crippen molar-refractivity contribution >= 4 is 11.8 Å². The zero-order valence-corrected chi connectivity index (χ0v) is 17.7. The van der Waals surface area contributed by atoms with Gasteiger partial charge in [-0.1, -0.05) is 30.3 Å². The molecule has 166 valence electrons. The van der Waals surface area contributed by atoms with Crippen molar-refractivity contribution in [3.8, 4) is 0 Å². The Hall–Kier alpha value is -4.01. The Kier molecular flexibility index (Phi) is 6.99. The number of hydrogen-bond donors (Lipinski definition) is 2. The van der Waals surface area contributed by atoms with E-state index in [-0.39, 0.29) is 18.5 Å². The first-order chi connectivity index (χ1) is 15.3. The van der Waals surface area contributed by atoms with Crippen LogP contribution in [-0.4, -0.2) is 27.0 Å². The number of rotatable bonds is 7. The van der Waals surface area contributed by atoms with Gasteiger partial charge in [0.25, 0.3) is 11.5 Å². The van der Waals surface area contributed by atoms with Crippen LogP contribution in [0.4, 0.5) is 4.39 Å². The molecule has 1 aromatic heterocycles. The van der Waals surface area contributed by atoms with E-state index in [1.807, 2.05) is 30.3 Å². The fourth-order valence-electron chi connectivity index (χ4n) is 3.15. The summed E-state index contributed by atoms with van der Waals surface area (Å²) < 4.78 is 15.4. The van der Waals surface area contributed by atoms with Crippen molar-refractivity contribution in [2.24, 2.45) is 14.1 Å². The first-order valence-electron chi connectivity index (χ1n) is 9.90. The van der Waals surface area contributed by atoms with Crippen molar-refractivity contribution in [1.29, 1.82) is 0 Å². The summed E-state index contributed by atoms with van der Waals surface area (Å²) in [7, 11) is 2.87. The average molecular weight is 438 g/mol. The topological polar surface area (TPSA) is 102 Å². The summed E-state index contributed by atoms with van der Waals surface area (Å²) in [6.45, 7) is -0.0711. The number of carbonyl (C=O) groups is 2. The van der Waals surface area contributed by atoms with Gasteiger partial charge in [-0.25, -0.2) is 9.18 Å². The molecule has 2 N–H and O–H groups in total. The van der Waals surface area contributed by atoms with Gasteiger partial charge in [0.2, 0.25) is 5.91 Å². The van der Waals surface area contributed by atoms with Gasteiger partial charge < -0.3 is 10.6 Å². The van der Waals surface area contributed by atoms with Crippen LogP contribution in [0.3, 0.4) is 0 Å². The fourth-order valence-corrected chi connectivity index (χ4v) is 3.15. The number of aromatic nitrogens is 2. The van der Waals surface area contributed by atoms with Crippen LogP contribution in [-0.2, 0) is 31.9 Å². The van der Waals surface area contributed by atoms with Crippen LogP contribution in [0.5, 0.6) is 0 Å². The second-order valence-corrected chi connectivity index (χ2v) is 7.31. The van der Waals surface area contributed by atoms with E-state index in [9.17, 15) is 23.6 Å². The third kappa shape index (κ3) is 5.37. The minimum Gasteiger partial charge on any atom is -0.349 e. The van der Waals surface area contributed by atoms with Crippen molar-refractivity contribution in [2.75, 3.05) is 0 Å². The molecule has 1 atom stereocenters. The molecule has 8 nitrogen and oxygen atoms in total. The minimum atomic E-state index is -0.932. The minimum absolute atomic E-state index is 0.0711. The third-order valence-corrected chi connectivity index (χ3v) is 5.08. The molecule has 0 aliphatic rings. The van der Waals surface area contributed by atoms with E-state index in [1.54, 1.807) is 0 Å². The Morgan fingerprint density at radius 1 is 0.969 bits per heavy atom. The Bertz CT molecular complexity index is 1230. The van der Waals surface area contributed by atoms with Crippen molar-refractivity contribution in [3.63, 3.8) is 0 Å². The van der Waals surface area contributed by atoms with E-state index < -0.39 is 34.9 Å². The largest absolute Gasteiger partial charge is 0.349 e. The smallest absolute Gasteiger partial charge is 0.330 e. The average Bonchev–Trinajstić information content (AvgIpc) is 2.79. The molecule has 2 aromatic carbocycles. The summed E-state index contributed by atoms with van der Waals surface area (Å²) in [6, 6.07) is 14.5. The summed E-state index contributed by atoms with van der Waals surface area (Å²) in [5.41, 5.74) is 0.379. The summed E-state index contributed by atoms with van der Waals surface area (Å²) in [4.78, 5) is 49.5. The SMILES string of the molecule is Cn1c(CNC(=O)[C@@H](Cc2ccccc2)NC(=O)c2ccc(F)cc2)cc(=O)n(C)c1=O. The molecule has 9 heteroatoms. The molecule has 1 heterocycles. The van der Waals surface area contributed by atoms with Crippen LogP contribution < -0.4 is 21.9 Å². The van der Waals surface area contributed by atoms with Crippen molar-refractivity contribution in [3.05, 3.63) is 104 Å². The zero-order valence-electron chi connectivity index (χ0n) is 17.7. The van der Waals surface area contributed by atoms with E-state index in [4.69, 9.17) is 0 Å². The standard InChI is InChI=1S/C23H23FN4O4/c1-27-18(13-20(29)28(2)23(27)32)14-25-22(31)19(12-15-6-4-3-5-7-15)26-21(30)16-8-10-17(24)11-9-16/h3-11,13,19H,12,14H2,1-2H3,(H,25,31)(H,26,30)/t19-/m1/s1. The number of nitrogens with one attached hydrogen (secondary N) is 2. The van der Waals surface area contributed by atoms with Crippen LogP contribution in [0.15, 0.2) is 70.3 Å². The highest BCUT2D eigenvalue weighted by molar-refractivity contribution is 5.97. The van der Waals surface area contributed by atoms with E-state index in [1.165, 1.54) is 36.9 Å². The molecule has 0 aliphatic heterocycles. The predicted octanol–water partition coefficient (Wildman–Crippen LogP) is 0.881. The molecule has 3 rings (SSSR count). The molecule has 2 amide bonds. The number of hydrogen-bond acceptors (Lipinski definition) is 4. The monoisotopic (exact) mass is 438 g/mol. The highest BCUT2D eigenvalue weighted by Gasteiger charge is 2.22. The van der Waals surface area contributed by atoms with Crippen LogP contribution in [0.25, 0.3) is 0 Å². The number of benzene rings is 2. The Labute approximate surface area is 183 Å². The molecule has 0 saturated heterocycles. The number of amides is 2. The number of halogens is 1. The third-order valence-electron chi connectivity index (χ3n) is 5.08. The van der Waals surface area contributed by atoms with Crippen LogP contribution in [0.2, 0.25) is 0 Å². The van der Waals surface area contributed by atoms with Gasteiger partial charge >= 0.3 is 5.69 Å². The molecular formula is C23H23FN4O4. The van der Waals surface area contributed by atoms with Crippen molar-refractivity contribution in [1.82, 2.24) is 19.8 Å². The second-order valence-electron chi connectivity index (χ2n) is 7.31. The lowest BCUT2D eigenvalue weighted by Gasteiger charge is -2.19. The van der Waals surface area contributed by atoms with Gasteiger partial charge in [-0.2, -0.15) is 0 Å². The Balaban J connectivity index is 1.78. The first kappa shape index (κ1) is 22.7. The fraction of sp³-hybridized carbons (Fsp3) is 0.217. The molecule has 0 fully saturated rings. The molecule has 0 aliphatic carbocycles.